The van der Waals surface area contributed by atoms with E-state index in [1.165, 1.54) is 22.4 Å². The van der Waals surface area contributed by atoms with Crippen LogP contribution in [0, 0.1) is 12.8 Å². The molecule has 3 rings (SSSR count). The average molecular weight is 275 g/mol. The summed E-state index contributed by atoms with van der Waals surface area (Å²) in [5.41, 5.74) is 4.75. The molecule has 1 aliphatic rings. The highest BCUT2D eigenvalue weighted by Gasteiger charge is 2.39. The van der Waals surface area contributed by atoms with Crippen molar-refractivity contribution in [2.45, 2.75) is 25.8 Å². The van der Waals surface area contributed by atoms with Crippen LogP contribution in [-0.2, 0) is 5.54 Å². The van der Waals surface area contributed by atoms with E-state index in [-0.39, 0.29) is 5.54 Å². The lowest BCUT2D eigenvalue weighted by atomic mass is 9.80. The molecule has 1 heterocycles. The molecular formula is C20H21N. The van der Waals surface area contributed by atoms with Gasteiger partial charge in [-0.05, 0) is 31.4 Å². The van der Waals surface area contributed by atoms with Gasteiger partial charge in [0.1, 0.15) is 0 Å². The van der Waals surface area contributed by atoms with E-state index in [1.54, 1.807) is 0 Å². The zero-order valence-electron chi connectivity index (χ0n) is 12.7. The van der Waals surface area contributed by atoms with Crippen LogP contribution < -0.4 is 0 Å². The Morgan fingerprint density at radius 2 is 1.76 bits per heavy atom. The van der Waals surface area contributed by atoms with E-state index in [0.717, 1.165) is 6.42 Å². The third kappa shape index (κ3) is 2.44. The van der Waals surface area contributed by atoms with Crippen molar-refractivity contribution in [1.82, 2.24) is 0 Å². The minimum atomic E-state index is -0.205. The normalized spacial score (nSPS) is 24.7. The quantitative estimate of drug-likeness (QED) is 0.706. The largest absolute Gasteiger partial charge is 0.277 e. The Labute approximate surface area is 127 Å². The van der Waals surface area contributed by atoms with Crippen molar-refractivity contribution >= 4 is 5.71 Å². The fourth-order valence-electron chi connectivity index (χ4n) is 3.11. The molecule has 1 nitrogen and oxygen atoms in total. The lowest BCUT2D eigenvalue weighted by Gasteiger charge is -2.27. The van der Waals surface area contributed by atoms with Crippen molar-refractivity contribution in [2.75, 3.05) is 0 Å². The zero-order chi connectivity index (χ0) is 14.9. The fourth-order valence-corrected chi connectivity index (χ4v) is 3.11. The molecule has 0 fully saturated rings. The van der Waals surface area contributed by atoms with Crippen LogP contribution >= 0.6 is 0 Å². The summed E-state index contributed by atoms with van der Waals surface area (Å²) in [4.78, 5) is 5.09. The maximum atomic E-state index is 5.09. The summed E-state index contributed by atoms with van der Waals surface area (Å²) in [6, 6.07) is 19.2. The van der Waals surface area contributed by atoms with Crippen LogP contribution in [0.2, 0.25) is 0 Å². The van der Waals surface area contributed by atoms with Gasteiger partial charge in [-0.2, -0.15) is 0 Å². The van der Waals surface area contributed by atoms with Gasteiger partial charge >= 0.3 is 0 Å². The van der Waals surface area contributed by atoms with Crippen LogP contribution in [0.15, 0.2) is 72.2 Å². The van der Waals surface area contributed by atoms with Crippen molar-refractivity contribution in [3.8, 4) is 0 Å². The van der Waals surface area contributed by atoms with Gasteiger partial charge in [0.2, 0.25) is 0 Å². The SMILES string of the molecule is C=C[C@@H]1CC(c2ccc(C)cc2)=N[C@]1(C)c1ccccc1. The number of hydrogen-bond donors (Lipinski definition) is 0. The number of benzene rings is 2. The Kier molecular flexibility index (Phi) is 3.50. The second-order valence-corrected chi connectivity index (χ2v) is 5.98. The maximum Gasteiger partial charge on any atom is 0.0897 e. The molecule has 2 atom stereocenters. The van der Waals surface area contributed by atoms with Crippen molar-refractivity contribution in [2.24, 2.45) is 10.9 Å². The monoisotopic (exact) mass is 275 g/mol. The van der Waals surface area contributed by atoms with Gasteiger partial charge < -0.3 is 0 Å². The summed E-state index contributed by atoms with van der Waals surface area (Å²) < 4.78 is 0. The van der Waals surface area contributed by atoms with Crippen LogP contribution in [0.4, 0.5) is 0 Å². The molecule has 0 amide bonds. The fraction of sp³-hybridized carbons (Fsp3) is 0.250. The van der Waals surface area contributed by atoms with Gasteiger partial charge in [0, 0.05) is 11.6 Å². The standard InChI is InChI=1S/C20H21N/c1-4-17-14-19(16-12-10-15(2)11-13-16)21-20(17,3)18-8-6-5-7-9-18/h4-13,17H,1,14H2,2-3H3/t17-,20+/m1/s1. The summed E-state index contributed by atoms with van der Waals surface area (Å²) >= 11 is 0. The molecule has 106 valence electrons. The van der Waals surface area contributed by atoms with Crippen molar-refractivity contribution in [3.05, 3.63) is 83.9 Å². The van der Waals surface area contributed by atoms with Crippen molar-refractivity contribution in [1.29, 1.82) is 0 Å². The predicted octanol–water partition coefficient (Wildman–Crippen LogP) is 4.91. The zero-order valence-corrected chi connectivity index (χ0v) is 12.7. The number of aliphatic imine (C=N–C) groups is 1. The molecule has 0 bridgehead atoms. The molecule has 0 aliphatic carbocycles. The molecule has 0 radical (unpaired) electrons. The van der Waals surface area contributed by atoms with E-state index in [4.69, 9.17) is 4.99 Å². The van der Waals surface area contributed by atoms with Gasteiger partial charge in [0.25, 0.3) is 0 Å². The molecule has 2 aromatic carbocycles. The smallest absolute Gasteiger partial charge is 0.0897 e. The first kappa shape index (κ1) is 13.8. The molecule has 2 aromatic rings. The van der Waals surface area contributed by atoms with Crippen LogP contribution in [0.5, 0.6) is 0 Å². The van der Waals surface area contributed by atoms with Gasteiger partial charge in [-0.25, -0.2) is 0 Å². The number of aryl methyl sites for hydroxylation is 1. The Morgan fingerprint density at radius 3 is 2.38 bits per heavy atom. The molecule has 0 unspecified atom stereocenters. The summed E-state index contributed by atoms with van der Waals surface area (Å²) in [7, 11) is 0. The van der Waals surface area contributed by atoms with Gasteiger partial charge in [-0.15, -0.1) is 6.58 Å². The van der Waals surface area contributed by atoms with E-state index >= 15 is 0 Å². The number of rotatable bonds is 3. The Morgan fingerprint density at radius 1 is 1.10 bits per heavy atom. The molecule has 0 aromatic heterocycles. The third-order valence-corrected chi connectivity index (χ3v) is 4.53. The van der Waals surface area contributed by atoms with E-state index in [0.29, 0.717) is 5.92 Å². The Balaban J connectivity index is 2.03. The molecule has 1 heteroatoms. The van der Waals surface area contributed by atoms with Gasteiger partial charge in [-0.1, -0.05) is 66.2 Å². The predicted molar refractivity (Wildman–Crippen MR) is 89.8 cm³/mol. The average Bonchev–Trinajstić information content (AvgIpc) is 2.87. The number of nitrogens with zero attached hydrogens (tertiary/aromatic N) is 1. The highest BCUT2D eigenvalue weighted by molar-refractivity contribution is 6.02. The molecule has 0 N–H and O–H groups in total. The van der Waals surface area contributed by atoms with Gasteiger partial charge in [-0.3, -0.25) is 4.99 Å². The van der Waals surface area contributed by atoms with Crippen LogP contribution in [-0.4, -0.2) is 5.71 Å². The molecule has 0 saturated heterocycles. The number of hydrogen-bond acceptors (Lipinski definition) is 1. The van der Waals surface area contributed by atoms with E-state index in [9.17, 15) is 0 Å². The second-order valence-electron chi connectivity index (χ2n) is 5.98. The second kappa shape index (κ2) is 5.33. The summed E-state index contributed by atoms with van der Waals surface area (Å²) in [5, 5.41) is 0. The molecule has 1 aliphatic heterocycles. The summed E-state index contributed by atoms with van der Waals surface area (Å²) in [6.45, 7) is 8.36. The van der Waals surface area contributed by atoms with Gasteiger partial charge in [0.05, 0.1) is 5.54 Å². The highest BCUT2D eigenvalue weighted by atomic mass is 14.9. The van der Waals surface area contributed by atoms with Gasteiger partial charge in [0.15, 0.2) is 0 Å². The van der Waals surface area contributed by atoms with E-state index in [2.05, 4.69) is 81.1 Å². The first-order valence-electron chi connectivity index (χ1n) is 7.47. The minimum Gasteiger partial charge on any atom is -0.277 e. The van der Waals surface area contributed by atoms with Crippen molar-refractivity contribution in [3.63, 3.8) is 0 Å². The maximum absolute atomic E-state index is 5.09. The Hall–Kier alpha value is -2.15. The topological polar surface area (TPSA) is 12.4 Å². The summed E-state index contributed by atoms with van der Waals surface area (Å²) in [6.07, 6.45) is 3.01. The molecule has 21 heavy (non-hydrogen) atoms. The first-order chi connectivity index (χ1) is 10.1. The van der Waals surface area contributed by atoms with Crippen LogP contribution in [0.25, 0.3) is 0 Å². The van der Waals surface area contributed by atoms with Crippen LogP contribution in [0.1, 0.15) is 30.0 Å². The minimum absolute atomic E-state index is 0.205. The summed E-state index contributed by atoms with van der Waals surface area (Å²) in [5.74, 6) is 0.344. The van der Waals surface area contributed by atoms with Crippen molar-refractivity contribution < 1.29 is 0 Å². The molecule has 0 spiro atoms. The van der Waals surface area contributed by atoms with Crippen LogP contribution in [0.3, 0.4) is 0 Å². The molecular weight excluding hydrogens is 254 g/mol. The lowest BCUT2D eigenvalue weighted by molar-refractivity contribution is 0.403. The lowest BCUT2D eigenvalue weighted by Crippen LogP contribution is -2.24. The highest BCUT2D eigenvalue weighted by Crippen LogP contribution is 2.42. The van der Waals surface area contributed by atoms with E-state index < -0.39 is 0 Å². The molecule has 0 saturated carbocycles. The van der Waals surface area contributed by atoms with E-state index in [1.807, 2.05) is 0 Å². The third-order valence-electron chi connectivity index (χ3n) is 4.53. The first-order valence-corrected chi connectivity index (χ1v) is 7.47. The Bertz CT molecular complexity index is 667.